The van der Waals surface area contributed by atoms with Gasteiger partial charge in [-0.25, -0.2) is 15.2 Å². The SMILES string of the molecule is N#CB1CC2(CCC(Nc3ccnc(C#N)n3)CC2)C1. The minimum Gasteiger partial charge on any atom is -0.367 e. The minimum absolute atomic E-state index is 0.207. The van der Waals surface area contributed by atoms with Crippen LogP contribution in [-0.4, -0.2) is 22.7 Å². The smallest absolute Gasteiger partial charge is 0.268 e. The monoisotopic (exact) mass is 265 g/mol. The van der Waals surface area contributed by atoms with Gasteiger partial charge in [-0.1, -0.05) is 12.6 Å². The van der Waals surface area contributed by atoms with Crippen LogP contribution in [0.4, 0.5) is 5.82 Å². The Labute approximate surface area is 119 Å². The van der Waals surface area contributed by atoms with Crippen LogP contribution in [0, 0.1) is 28.0 Å². The van der Waals surface area contributed by atoms with E-state index >= 15 is 0 Å². The number of aromatic nitrogens is 2. The van der Waals surface area contributed by atoms with E-state index in [1.165, 1.54) is 12.8 Å². The van der Waals surface area contributed by atoms with E-state index in [1.54, 1.807) is 12.3 Å². The summed E-state index contributed by atoms with van der Waals surface area (Å²) in [4.78, 5) is 8.03. The van der Waals surface area contributed by atoms with Crippen molar-refractivity contribution < 1.29 is 0 Å². The second kappa shape index (κ2) is 5.13. The van der Waals surface area contributed by atoms with Crippen molar-refractivity contribution in [2.24, 2.45) is 5.41 Å². The molecule has 1 N–H and O–H groups in total. The van der Waals surface area contributed by atoms with Crippen LogP contribution < -0.4 is 5.32 Å². The van der Waals surface area contributed by atoms with Crippen molar-refractivity contribution in [1.29, 1.82) is 10.5 Å². The molecule has 5 nitrogen and oxygen atoms in total. The molecule has 20 heavy (non-hydrogen) atoms. The quantitative estimate of drug-likeness (QED) is 0.829. The van der Waals surface area contributed by atoms with Gasteiger partial charge >= 0.3 is 0 Å². The molecule has 1 saturated heterocycles. The third-order valence-electron chi connectivity index (χ3n) is 4.70. The van der Waals surface area contributed by atoms with Crippen molar-refractivity contribution in [3.63, 3.8) is 0 Å². The zero-order valence-corrected chi connectivity index (χ0v) is 11.3. The van der Waals surface area contributed by atoms with Gasteiger partial charge in [-0.05, 0) is 37.2 Å². The van der Waals surface area contributed by atoms with Crippen LogP contribution in [0.1, 0.15) is 31.5 Å². The van der Waals surface area contributed by atoms with Crippen LogP contribution in [0.3, 0.4) is 0 Å². The van der Waals surface area contributed by atoms with Gasteiger partial charge in [0.2, 0.25) is 5.82 Å². The number of nitriles is 2. The van der Waals surface area contributed by atoms with Gasteiger partial charge in [-0.3, -0.25) is 0 Å². The van der Waals surface area contributed by atoms with E-state index in [0.29, 0.717) is 18.2 Å². The fourth-order valence-electron chi connectivity index (χ4n) is 3.56. The van der Waals surface area contributed by atoms with Crippen LogP contribution in [0.5, 0.6) is 0 Å². The molecule has 2 heterocycles. The molecule has 1 spiro atoms. The predicted molar refractivity (Wildman–Crippen MR) is 76.0 cm³/mol. The van der Waals surface area contributed by atoms with Crippen molar-refractivity contribution in [2.45, 2.75) is 44.4 Å². The summed E-state index contributed by atoms with van der Waals surface area (Å²) in [5.41, 5.74) is 0.446. The van der Waals surface area contributed by atoms with E-state index in [0.717, 1.165) is 31.3 Å². The highest BCUT2D eigenvalue weighted by molar-refractivity contribution is 6.70. The Hall–Kier alpha value is -2.08. The topological polar surface area (TPSA) is 85.4 Å². The van der Waals surface area contributed by atoms with Crippen LogP contribution in [-0.2, 0) is 0 Å². The fraction of sp³-hybridized carbons (Fsp3) is 0.571. The first-order valence-corrected chi connectivity index (χ1v) is 7.12. The Balaban J connectivity index is 1.54. The first-order valence-electron chi connectivity index (χ1n) is 7.12. The van der Waals surface area contributed by atoms with E-state index in [1.807, 2.05) is 6.07 Å². The Bertz CT molecular complexity index is 572. The van der Waals surface area contributed by atoms with Crippen molar-refractivity contribution >= 4 is 12.5 Å². The number of nitrogens with zero attached hydrogens (tertiary/aromatic N) is 4. The Morgan fingerprint density at radius 1 is 1.30 bits per heavy atom. The third kappa shape index (κ3) is 2.47. The lowest BCUT2D eigenvalue weighted by Gasteiger charge is -2.48. The normalized spacial score (nSPS) is 20.8. The van der Waals surface area contributed by atoms with Crippen LogP contribution in [0.2, 0.25) is 12.6 Å². The molecule has 3 rings (SSSR count). The second-order valence-corrected chi connectivity index (χ2v) is 6.03. The molecular formula is C14H16BN5. The highest BCUT2D eigenvalue weighted by atomic mass is 15.0. The van der Waals surface area contributed by atoms with E-state index in [2.05, 4.69) is 21.3 Å². The standard InChI is InChI=1S/C14H16BN5/c16-7-13-18-6-3-12(20-13)19-11-1-4-14(5-2-11)8-15(9-14)10-17/h3,6,11H,1-2,4-5,8-9H2,(H,18,19,20). The first-order chi connectivity index (χ1) is 9.73. The molecular weight excluding hydrogens is 249 g/mol. The average molecular weight is 265 g/mol. The average Bonchev–Trinajstić information content (AvgIpc) is 2.46. The van der Waals surface area contributed by atoms with Gasteiger partial charge in [-0.2, -0.15) is 5.26 Å². The Morgan fingerprint density at radius 3 is 2.70 bits per heavy atom. The maximum Gasteiger partial charge on any atom is 0.268 e. The van der Waals surface area contributed by atoms with Gasteiger partial charge < -0.3 is 5.32 Å². The third-order valence-corrected chi connectivity index (χ3v) is 4.70. The lowest BCUT2D eigenvalue weighted by Crippen LogP contribution is -2.45. The van der Waals surface area contributed by atoms with Gasteiger partial charge in [-0.15, -0.1) is 0 Å². The summed E-state index contributed by atoms with van der Waals surface area (Å²) >= 11 is 0. The zero-order chi connectivity index (χ0) is 14.0. The van der Waals surface area contributed by atoms with E-state index < -0.39 is 0 Å². The highest BCUT2D eigenvalue weighted by Gasteiger charge is 2.48. The van der Waals surface area contributed by atoms with E-state index in [-0.39, 0.29) is 5.82 Å². The van der Waals surface area contributed by atoms with Crippen LogP contribution in [0.25, 0.3) is 0 Å². The number of nitrogens with one attached hydrogen (secondary N) is 1. The summed E-state index contributed by atoms with van der Waals surface area (Å²) in [5.74, 6) is 3.32. The zero-order valence-electron chi connectivity index (χ0n) is 11.3. The van der Waals surface area contributed by atoms with E-state index in [4.69, 9.17) is 10.5 Å². The molecule has 1 aliphatic heterocycles. The van der Waals surface area contributed by atoms with Crippen molar-refractivity contribution in [1.82, 2.24) is 9.97 Å². The summed E-state index contributed by atoms with van der Waals surface area (Å²) in [5, 5.41) is 21.1. The van der Waals surface area contributed by atoms with Gasteiger partial charge in [0.05, 0.1) is 0 Å². The molecule has 0 amide bonds. The fourth-order valence-corrected chi connectivity index (χ4v) is 3.56. The molecule has 1 aromatic heterocycles. The van der Waals surface area contributed by atoms with Gasteiger partial charge in [0.1, 0.15) is 11.9 Å². The molecule has 1 saturated carbocycles. The van der Waals surface area contributed by atoms with Crippen molar-refractivity contribution in [2.75, 3.05) is 5.32 Å². The molecule has 2 fully saturated rings. The summed E-state index contributed by atoms with van der Waals surface area (Å²) in [6.45, 7) is 0.291. The maximum absolute atomic E-state index is 8.89. The molecule has 2 aliphatic rings. The molecule has 0 atom stereocenters. The number of hydrogen-bond acceptors (Lipinski definition) is 5. The lowest BCUT2D eigenvalue weighted by molar-refractivity contribution is 0.206. The summed E-state index contributed by atoms with van der Waals surface area (Å²) in [6, 6.07) is 4.18. The number of anilines is 1. The summed E-state index contributed by atoms with van der Waals surface area (Å²) in [6.07, 6.45) is 8.40. The molecule has 6 heteroatoms. The van der Waals surface area contributed by atoms with Crippen molar-refractivity contribution in [3.05, 3.63) is 18.1 Å². The first kappa shape index (κ1) is 12.9. The molecule has 100 valence electrons. The Morgan fingerprint density at radius 2 is 2.05 bits per heavy atom. The van der Waals surface area contributed by atoms with E-state index in [9.17, 15) is 0 Å². The molecule has 1 aliphatic carbocycles. The highest BCUT2D eigenvalue weighted by Crippen LogP contribution is 2.52. The Kier molecular flexibility index (Phi) is 3.32. The van der Waals surface area contributed by atoms with Gasteiger partial charge in [0, 0.05) is 18.2 Å². The molecule has 1 aromatic rings. The number of rotatable bonds is 2. The molecule has 0 bridgehead atoms. The number of hydrogen-bond donors (Lipinski definition) is 1. The maximum atomic E-state index is 8.89. The van der Waals surface area contributed by atoms with Crippen LogP contribution >= 0.6 is 0 Å². The molecule has 0 unspecified atom stereocenters. The minimum atomic E-state index is 0.207. The largest absolute Gasteiger partial charge is 0.367 e. The molecule has 0 aromatic carbocycles. The molecule has 0 radical (unpaired) electrons. The van der Waals surface area contributed by atoms with Gasteiger partial charge in [0.25, 0.3) is 6.71 Å². The summed E-state index contributed by atoms with van der Waals surface area (Å²) in [7, 11) is 0. The predicted octanol–water partition coefficient (Wildman–Crippen LogP) is 2.26. The summed E-state index contributed by atoms with van der Waals surface area (Å²) < 4.78 is 0. The second-order valence-electron chi connectivity index (χ2n) is 6.03. The van der Waals surface area contributed by atoms with Crippen LogP contribution in [0.15, 0.2) is 12.3 Å². The van der Waals surface area contributed by atoms with Crippen molar-refractivity contribution in [3.8, 4) is 12.0 Å². The van der Waals surface area contributed by atoms with Gasteiger partial charge in [0.15, 0.2) is 0 Å². The lowest BCUT2D eigenvalue weighted by atomic mass is 9.26.